The van der Waals surface area contributed by atoms with Gasteiger partial charge in [0.2, 0.25) is 0 Å². The molecule has 1 aromatic rings. The van der Waals surface area contributed by atoms with Crippen LogP contribution in [0.1, 0.15) is 43.5 Å². The number of hydrogen-bond donors (Lipinski definition) is 0. The fourth-order valence-corrected chi connectivity index (χ4v) is 1.34. The van der Waals surface area contributed by atoms with Crippen molar-refractivity contribution in [1.82, 2.24) is 0 Å². The second kappa shape index (κ2) is 9.68. The van der Waals surface area contributed by atoms with E-state index in [9.17, 15) is 4.79 Å². The molecule has 0 saturated carbocycles. The van der Waals surface area contributed by atoms with Gasteiger partial charge in [-0.1, -0.05) is 31.4 Å². The molecule has 0 fully saturated rings. The molecule has 0 radical (unpaired) electrons. The average molecular weight is 261 g/mol. The normalized spacial score (nSPS) is 9.25. The molecular weight excluding hydrogens is 243 g/mol. The SMILES string of the molecule is CC(=O)c1ccc(Cl)cc1.CCCCCCl. The smallest absolute Gasteiger partial charge is 0.159 e. The number of halogens is 2. The van der Waals surface area contributed by atoms with Crippen molar-refractivity contribution in [2.24, 2.45) is 0 Å². The Hall–Kier alpha value is -0.530. The van der Waals surface area contributed by atoms with E-state index in [1.54, 1.807) is 24.3 Å². The summed E-state index contributed by atoms with van der Waals surface area (Å²) in [7, 11) is 0. The highest BCUT2D eigenvalue weighted by atomic mass is 35.5. The summed E-state index contributed by atoms with van der Waals surface area (Å²) in [6.45, 7) is 3.70. The molecule has 0 aromatic heterocycles. The zero-order chi connectivity index (χ0) is 12.4. The van der Waals surface area contributed by atoms with Crippen LogP contribution in [0.2, 0.25) is 5.02 Å². The van der Waals surface area contributed by atoms with Gasteiger partial charge >= 0.3 is 0 Å². The van der Waals surface area contributed by atoms with Crippen molar-refractivity contribution >= 4 is 29.0 Å². The van der Waals surface area contributed by atoms with Gasteiger partial charge in [0, 0.05) is 16.5 Å². The Bertz CT molecular complexity index is 289. The van der Waals surface area contributed by atoms with E-state index in [0.29, 0.717) is 10.6 Å². The molecule has 0 aliphatic heterocycles. The first-order valence-corrected chi connectivity index (χ1v) is 6.35. The second-order valence-electron chi connectivity index (χ2n) is 3.46. The maximum atomic E-state index is 10.7. The number of ketones is 1. The number of carbonyl (C=O) groups excluding carboxylic acids is 1. The van der Waals surface area contributed by atoms with Gasteiger partial charge in [-0.15, -0.1) is 11.6 Å². The molecule has 0 unspecified atom stereocenters. The molecule has 90 valence electrons. The predicted molar refractivity (Wildman–Crippen MR) is 71.7 cm³/mol. The van der Waals surface area contributed by atoms with Crippen LogP contribution in [0.3, 0.4) is 0 Å². The molecule has 16 heavy (non-hydrogen) atoms. The van der Waals surface area contributed by atoms with Crippen LogP contribution in [0, 0.1) is 0 Å². The van der Waals surface area contributed by atoms with Crippen molar-refractivity contribution in [3.8, 4) is 0 Å². The molecule has 1 aromatic carbocycles. The van der Waals surface area contributed by atoms with E-state index in [0.717, 1.165) is 5.88 Å². The van der Waals surface area contributed by atoms with Gasteiger partial charge in [0.1, 0.15) is 0 Å². The highest BCUT2D eigenvalue weighted by Gasteiger charge is 1.95. The molecule has 0 bridgehead atoms. The first kappa shape index (κ1) is 15.5. The Morgan fingerprint density at radius 3 is 2.06 bits per heavy atom. The van der Waals surface area contributed by atoms with Gasteiger partial charge in [0.05, 0.1) is 0 Å². The molecule has 1 rings (SSSR count). The number of benzene rings is 1. The van der Waals surface area contributed by atoms with Gasteiger partial charge in [-0.05, 0) is 37.6 Å². The Balaban J connectivity index is 0.000000325. The highest BCUT2D eigenvalue weighted by molar-refractivity contribution is 6.30. The molecule has 1 nitrogen and oxygen atoms in total. The van der Waals surface area contributed by atoms with Crippen molar-refractivity contribution in [1.29, 1.82) is 0 Å². The minimum Gasteiger partial charge on any atom is -0.295 e. The van der Waals surface area contributed by atoms with E-state index in [2.05, 4.69) is 6.92 Å². The molecule has 0 spiro atoms. The molecular formula is C13H18Cl2O. The minimum atomic E-state index is 0.0664. The quantitative estimate of drug-likeness (QED) is 0.425. The standard InChI is InChI=1S/C8H7ClO.C5H11Cl/c1-6(10)7-2-4-8(9)5-3-7;1-2-3-4-5-6/h2-5H,1H3;2-5H2,1H3. The topological polar surface area (TPSA) is 17.1 Å². The van der Waals surface area contributed by atoms with Gasteiger partial charge in [0.15, 0.2) is 5.78 Å². The molecule has 0 atom stereocenters. The van der Waals surface area contributed by atoms with Crippen LogP contribution in [0.4, 0.5) is 0 Å². The Morgan fingerprint density at radius 1 is 1.19 bits per heavy atom. The second-order valence-corrected chi connectivity index (χ2v) is 4.27. The fraction of sp³-hybridized carbons (Fsp3) is 0.462. The maximum Gasteiger partial charge on any atom is 0.159 e. The summed E-state index contributed by atoms with van der Waals surface area (Å²) in [5, 5.41) is 0.657. The van der Waals surface area contributed by atoms with E-state index in [1.165, 1.54) is 26.2 Å². The van der Waals surface area contributed by atoms with E-state index < -0.39 is 0 Å². The number of hydrogen-bond acceptors (Lipinski definition) is 1. The summed E-state index contributed by atoms with van der Waals surface area (Å²) >= 11 is 11.0. The highest BCUT2D eigenvalue weighted by Crippen LogP contribution is 2.09. The first-order valence-electron chi connectivity index (χ1n) is 5.44. The van der Waals surface area contributed by atoms with Gasteiger partial charge in [0.25, 0.3) is 0 Å². The van der Waals surface area contributed by atoms with Crippen LogP contribution < -0.4 is 0 Å². The zero-order valence-electron chi connectivity index (χ0n) is 9.80. The summed E-state index contributed by atoms with van der Waals surface area (Å²) < 4.78 is 0. The summed E-state index contributed by atoms with van der Waals surface area (Å²) in [6, 6.07) is 6.84. The van der Waals surface area contributed by atoms with Crippen LogP contribution in [0.15, 0.2) is 24.3 Å². The zero-order valence-corrected chi connectivity index (χ0v) is 11.3. The third-order valence-corrected chi connectivity index (χ3v) is 2.51. The number of unbranched alkanes of at least 4 members (excludes halogenated alkanes) is 2. The molecule has 0 amide bonds. The van der Waals surface area contributed by atoms with Gasteiger partial charge in [-0.25, -0.2) is 0 Å². The first-order chi connectivity index (χ1) is 7.61. The lowest BCUT2D eigenvalue weighted by atomic mass is 10.2. The molecule has 0 saturated heterocycles. The van der Waals surface area contributed by atoms with Crippen LogP contribution in [0.25, 0.3) is 0 Å². The van der Waals surface area contributed by atoms with Crippen molar-refractivity contribution in [3.63, 3.8) is 0 Å². The van der Waals surface area contributed by atoms with Crippen molar-refractivity contribution in [3.05, 3.63) is 34.9 Å². The molecule has 0 N–H and O–H groups in total. The largest absolute Gasteiger partial charge is 0.295 e. The summed E-state index contributed by atoms with van der Waals surface area (Å²) in [4.78, 5) is 10.7. The van der Waals surface area contributed by atoms with Gasteiger partial charge in [-0.3, -0.25) is 4.79 Å². The monoisotopic (exact) mass is 260 g/mol. The van der Waals surface area contributed by atoms with E-state index in [-0.39, 0.29) is 5.78 Å². The van der Waals surface area contributed by atoms with Crippen molar-refractivity contribution in [2.75, 3.05) is 5.88 Å². The molecule has 3 heteroatoms. The van der Waals surface area contributed by atoms with Crippen LogP contribution in [-0.4, -0.2) is 11.7 Å². The number of Topliss-reactive ketones (excluding diaryl/α,β-unsaturated/α-hetero) is 1. The molecule has 0 aliphatic carbocycles. The number of rotatable bonds is 4. The van der Waals surface area contributed by atoms with Gasteiger partial charge < -0.3 is 0 Å². The lowest BCUT2D eigenvalue weighted by Gasteiger charge is -1.92. The van der Waals surface area contributed by atoms with Crippen LogP contribution >= 0.6 is 23.2 Å². The van der Waals surface area contributed by atoms with E-state index >= 15 is 0 Å². The number of carbonyl (C=O) groups is 1. The third-order valence-electron chi connectivity index (χ3n) is 1.99. The molecule has 0 heterocycles. The van der Waals surface area contributed by atoms with Crippen LogP contribution in [-0.2, 0) is 0 Å². The van der Waals surface area contributed by atoms with Crippen LogP contribution in [0.5, 0.6) is 0 Å². The van der Waals surface area contributed by atoms with Crippen molar-refractivity contribution in [2.45, 2.75) is 33.1 Å². The summed E-state index contributed by atoms with van der Waals surface area (Å²) in [6.07, 6.45) is 3.73. The third kappa shape index (κ3) is 7.72. The maximum absolute atomic E-state index is 10.7. The summed E-state index contributed by atoms with van der Waals surface area (Å²) in [5.41, 5.74) is 0.699. The Morgan fingerprint density at radius 2 is 1.75 bits per heavy atom. The number of alkyl halides is 1. The fourth-order valence-electron chi connectivity index (χ4n) is 1.03. The predicted octanol–water partition coefficient (Wildman–Crippen LogP) is 4.96. The average Bonchev–Trinajstić information content (AvgIpc) is 2.28. The van der Waals surface area contributed by atoms with E-state index in [4.69, 9.17) is 23.2 Å². The van der Waals surface area contributed by atoms with Gasteiger partial charge in [-0.2, -0.15) is 0 Å². The lowest BCUT2D eigenvalue weighted by Crippen LogP contribution is -1.89. The van der Waals surface area contributed by atoms with E-state index in [1.807, 2.05) is 0 Å². The Kier molecular flexibility index (Phi) is 9.36. The molecule has 0 aliphatic rings. The van der Waals surface area contributed by atoms with Crippen molar-refractivity contribution < 1.29 is 4.79 Å². The lowest BCUT2D eigenvalue weighted by molar-refractivity contribution is 0.101. The summed E-state index contributed by atoms with van der Waals surface area (Å²) in [5.74, 6) is 0.894. The minimum absolute atomic E-state index is 0.0664. The Labute approximate surface area is 108 Å².